The summed E-state index contributed by atoms with van der Waals surface area (Å²) in [5, 5.41) is 0. The number of carbonyl (C=O) groups excluding carboxylic acids is 1. The van der Waals surface area contributed by atoms with E-state index in [1.54, 1.807) is 14.0 Å². The van der Waals surface area contributed by atoms with Crippen molar-refractivity contribution in [1.82, 2.24) is 0 Å². The van der Waals surface area contributed by atoms with Gasteiger partial charge in [-0.1, -0.05) is 25.1 Å². The van der Waals surface area contributed by atoms with Crippen molar-refractivity contribution >= 4 is 5.78 Å². The summed E-state index contributed by atoms with van der Waals surface area (Å²) in [5.74, 6) is 1.52. The lowest BCUT2D eigenvalue weighted by atomic mass is 9.94. The predicted octanol–water partition coefficient (Wildman–Crippen LogP) is 3.17. The van der Waals surface area contributed by atoms with Crippen LogP contribution in [0.5, 0.6) is 5.75 Å². The number of benzene rings is 1. The molecule has 0 fully saturated rings. The molecule has 0 heterocycles. The van der Waals surface area contributed by atoms with Crippen molar-refractivity contribution in [1.29, 1.82) is 0 Å². The number of ketones is 1. The number of hydrogen-bond donors (Lipinski definition) is 0. The van der Waals surface area contributed by atoms with Crippen LogP contribution in [0.25, 0.3) is 0 Å². The number of hydrogen-bond acceptors (Lipinski definition) is 2. The van der Waals surface area contributed by atoms with Crippen LogP contribution in [-0.2, 0) is 4.79 Å². The summed E-state index contributed by atoms with van der Waals surface area (Å²) in [6.45, 7) is 3.76. The van der Waals surface area contributed by atoms with Crippen molar-refractivity contribution in [3.8, 4) is 5.75 Å². The van der Waals surface area contributed by atoms with Crippen LogP contribution in [0.2, 0.25) is 0 Å². The van der Waals surface area contributed by atoms with Crippen LogP contribution in [0, 0.1) is 0 Å². The molecule has 0 radical (unpaired) electrons. The largest absolute Gasteiger partial charge is 0.496 e. The fraction of sp³-hybridized carbons (Fsp3) is 0.462. The third-order valence-electron chi connectivity index (χ3n) is 2.60. The summed E-state index contributed by atoms with van der Waals surface area (Å²) in [6.07, 6.45) is 1.52. The lowest BCUT2D eigenvalue weighted by Crippen LogP contribution is -2.00. The Morgan fingerprint density at radius 3 is 2.67 bits per heavy atom. The van der Waals surface area contributed by atoms with Crippen molar-refractivity contribution in [2.75, 3.05) is 7.11 Å². The van der Waals surface area contributed by atoms with Gasteiger partial charge in [0.05, 0.1) is 7.11 Å². The molecule has 0 aliphatic rings. The Kier molecular flexibility index (Phi) is 4.35. The molecule has 2 nitrogen and oxygen atoms in total. The molecule has 1 rings (SSSR count). The fourth-order valence-electron chi connectivity index (χ4n) is 1.65. The third kappa shape index (κ3) is 3.39. The lowest BCUT2D eigenvalue weighted by Gasteiger charge is -2.14. The molecule has 0 amide bonds. The molecule has 2 heteroatoms. The van der Waals surface area contributed by atoms with Crippen LogP contribution in [-0.4, -0.2) is 12.9 Å². The monoisotopic (exact) mass is 206 g/mol. The molecule has 1 atom stereocenters. The van der Waals surface area contributed by atoms with Crippen LogP contribution >= 0.6 is 0 Å². The van der Waals surface area contributed by atoms with E-state index in [0.29, 0.717) is 12.3 Å². The van der Waals surface area contributed by atoms with E-state index >= 15 is 0 Å². The van der Waals surface area contributed by atoms with E-state index < -0.39 is 0 Å². The molecule has 0 saturated heterocycles. The van der Waals surface area contributed by atoms with Gasteiger partial charge in [-0.25, -0.2) is 0 Å². The molecule has 1 aromatic carbocycles. The zero-order valence-corrected chi connectivity index (χ0v) is 9.62. The molecule has 0 aliphatic heterocycles. The van der Waals surface area contributed by atoms with Gasteiger partial charge >= 0.3 is 0 Å². The number of ether oxygens (including phenoxy) is 1. The van der Waals surface area contributed by atoms with Crippen LogP contribution in [0.4, 0.5) is 0 Å². The summed E-state index contributed by atoms with van der Waals surface area (Å²) in [4.78, 5) is 10.9. The first-order valence-electron chi connectivity index (χ1n) is 5.27. The van der Waals surface area contributed by atoms with E-state index in [9.17, 15) is 4.79 Å². The lowest BCUT2D eigenvalue weighted by molar-refractivity contribution is -0.117. The van der Waals surface area contributed by atoms with Gasteiger partial charge in [0.2, 0.25) is 0 Å². The van der Waals surface area contributed by atoms with E-state index in [1.807, 2.05) is 18.2 Å². The smallest absolute Gasteiger partial charge is 0.129 e. The van der Waals surface area contributed by atoms with Gasteiger partial charge in [-0.3, -0.25) is 0 Å². The van der Waals surface area contributed by atoms with Crippen LogP contribution in [0.15, 0.2) is 24.3 Å². The van der Waals surface area contributed by atoms with E-state index in [0.717, 1.165) is 12.2 Å². The molecule has 0 aromatic heterocycles. The van der Waals surface area contributed by atoms with Gasteiger partial charge in [-0.2, -0.15) is 0 Å². The predicted molar refractivity (Wildman–Crippen MR) is 61.3 cm³/mol. The second kappa shape index (κ2) is 5.54. The van der Waals surface area contributed by atoms with E-state index in [-0.39, 0.29) is 5.78 Å². The highest BCUT2D eigenvalue weighted by Crippen LogP contribution is 2.29. The van der Waals surface area contributed by atoms with Crippen molar-refractivity contribution in [3.05, 3.63) is 29.8 Å². The first-order valence-corrected chi connectivity index (χ1v) is 5.27. The maximum atomic E-state index is 10.9. The molecule has 15 heavy (non-hydrogen) atoms. The van der Waals surface area contributed by atoms with Crippen molar-refractivity contribution in [3.63, 3.8) is 0 Å². The number of methoxy groups -OCH3 is 1. The quantitative estimate of drug-likeness (QED) is 0.739. The van der Waals surface area contributed by atoms with Gasteiger partial charge in [0, 0.05) is 6.42 Å². The molecule has 0 aliphatic carbocycles. The average molecular weight is 206 g/mol. The number of rotatable bonds is 5. The molecule has 0 N–H and O–H groups in total. The summed E-state index contributed by atoms with van der Waals surface area (Å²) in [7, 11) is 1.68. The first-order chi connectivity index (χ1) is 7.15. The van der Waals surface area contributed by atoms with Crippen LogP contribution in [0.3, 0.4) is 0 Å². The Morgan fingerprint density at radius 2 is 2.07 bits per heavy atom. The summed E-state index contributed by atoms with van der Waals surface area (Å²) >= 11 is 0. The van der Waals surface area contributed by atoms with E-state index in [2.05, 4.69) is 13.0 Å². The minimum atomic E-state index is 0.247. The molecule has 0 saturated carbocycles. The second-order valence-electron chi connectivity index (χ2n) is 3.88. The normalized spacial score (nSPS) is 12.2. The summed E-state index contributed by atoms with van der Waals surface area (Å²) in [5.41, 5.74) is 1.18. The molecule has 1 unspecified atom stereocenters. The van der Waals surface area contributed by atoms with Gasteiger partial charge in [-0.05, 0) is 30.9 Å². The minimum Gasteiger partial charge on any atom is -0.496 e. The van der Waals surface area contributed by atoms with Gasteiger partial charge in [0.15, 0.2) is 0 Å². The van der Waals surface area contributed by atoms with E-state index in [4.69, 9.17) is 4.74 Å². The summed E-state index contributed by atoms with van der Waals surface area (Å²) in [6, 6.07) is 7.98. The Balaban J connectivity index is 2.72. The number of Topliss-reactive ketones (excluding diaryl/α,β-unsaturated/α-hetero) is 1. The van der Waals surface area contributed by atoms with E-state index in [1.165, 1.54) is 5.56 Å². The molecule has 82 valence electrons. The zero-order chi connectivity index (χ0) is 11.3. The molecule has 0 spiro atoms. The first kappa shape index (κ1) is 11.8. The van der Waals surface area contributed by atoms with Crippen LogP contribution < -0.4 is 4.74 Å². The highest BCUT2D eigenvalue weighted by molar-refractivity contribution is 5.75. The fourth-order valence-corrected chi connectivity index (χ4v) is 1.65. The topological polar surface area (TPSA) is 26.3 Å². The Morgan fingerprint density at radius 1 is 1.40 bits per heavy atom. The number of carbonyl (C=O) groups is 1. The average Bonchev–Trinajstić information content (AvgIpc) is 2.25. The van der Waals surface area contributed by atoms with Gasteiger partial charge in [-0.15, -0.1) is 0 Å². The minimum absolute atomic E-state index is 0.247. The van der Waals surface area contributed by atoms with Crippen molar-refractivity contribution < 1.29 is 9.53 Å². The standard InChI is InChI=1S/C13H18O2/c1-10(8-9-11(2)14)12-6-4-5-7-13(12)15-3/h4-7,10H,8-9H2,1-3H3. The van der Waals surface area contributed by atoms with Crippen molar-refractivity contribution in [2.24, 2.45) is 0 Å². The zero-order valence-electron chi connectivity index (χ0n) is 9.62. The highest BCUT2D eigenvalue weighted by Gasteiger charge is 2.11. The summed E-state index contributed by atoms with van der Waals surface area (Å²) < 4.78 is 5.29. The maximum Gasteiger partial charge on any atom is 0.129 e. The Bertz CT molecular complexity index is 331. The Labute approximate surface area is 91.3 Å². The SMILES string of the molecule is COc1ccccc1C(C)CCC(C)=O. The molecular formula is C13H18O2. The molecular weight excluding hydrogens is 188 g/mol. The van der Waals surface area contributed by atoms with Gasteiger partial charge in [0.1, 0.15) is 11.5 Å². The Hall–Kier alpha value is -1.31. The van der Waals surface area contributed by atoms with Crippen LogP contribution in [0.1, 0.15) is 38.2 Å². The third-order valence-corrected chi connectivity index (χ3v) is 2.60. The highest BCUT2D eigenvalue weighted by atomic mass is 16.5. The molecule has 1 aromatic rings. The van der Waals surface area contributed by atoms with Gasteiger partial charge in [0.25, 0.3) is 0 Å². The van der Waals surface area contributed by atoms with Gasteiger partial charge < -0.3 is 9.53 Å². The second-order valence-corrected chi connectivity index (χ2v) is 3.88. The maximum absolute atomic E-state index is 10.9. The molecule has 0 bridgehead atoms. The van der Waals surface area contributed by atoms with Crippen molar-refractivity contribution in [2.45, 2.75) is 32.6 Å². The number of para-hydroxylation sites is 1.